The minimum atomic E-state index is -0.298. The molecule has 0 spiro atoms. The molecule has 5 nitrogen and oxygen atoms in total. The predicted octanol–water partition coefficient (Wildman–Crippen LogP) is 4.00. The minimum Gasteiger partial charge on any atom is -0.495 e. The fourth-order valence-electron chi connectivity index (χ4n) is 2.14. The van der Waals surface area contributed by atoms with Gasteiger partial charge in [-0.25, -0.2) is 0 Å². The number of unbranched alkanes of at least 4 members (excludes halogenated alkanes) is 1. The standard InChI is InChI=1S/C19H22N2O3S/c1-3-4-12-24-15-9-7-8-14(13-15)18(22)21-19(25)20-16-10-5-6-11-17(16)23-2/h5-11,13H,3-4,12H2,1-2H3,(H2,20,21,22,25). The summed E-state index contributed by atoms with van der Waals surface area (Å²) in [4.78, 5) is 12.4. The number of para-hydroxylation sites is 2. The molecular formula is C19H22N2O3S. The van der Waals surface area contributed by atoms with Gasteiger partial charge in [-0.3, -0.25) is 10.1 Å². The molecule has 0 aliphatic rings. The highest BCUT2D eigenvalue weighted by Crippen LogP contribution is 2.22. The number of anilines is 1. The van der Waals surface area contributed by atoms with Crippen LogP contribution in [0.15, 0.2) is 48.5 Å². The monoisotopic (exact) mass is 358 g/mol. The van der Waals surface area contributed by atoms with Crippen LogP contribution < -0.4 is 20.1 Å². The Labute approximate surface area is 153 Å². The SMILES string of the molecule is CCCCOc1cccc(C(=O)NC(=S)Nc2ccccc2OC)c1. The Bertz CT molecular complexity index is 734. The number of thiocarbonyl (C=S) groups is 1. The van der Waals surface area contributed by atoms with Gasteiger partial charge in [0.1, 0.15) is 11.5 Å². The van der Waals surface area contributed by atoms with Crippen molar-refractivity contribution in [3.63, 3.8) is 0 Å². The van der Waals surface area contributed by atoms with E-state index in [1.54, 1.807) is 25.3 Å². The maximum atomic E-state index is 12.4. The van der Waals surface area contributed by atoms with Gasteiger partial charge in [-0.1, -0.05) is 31.5 Å². The zero-order chi connectivity index (χ0) is 18.1. The van der Waals surface area contributed by atoms with E-state index in [1.807, 2.05) is 30.3 Å². The minimum absolute atomic E-state index is 0.201. The first-order valence-electron chi connectivity index (χ1n) is 8.12. The normalized spacial score (nSPS) is 10.0. The summed E-state index contributed by atoms with van der Waals surface area (Å²) in [7, 11) is 1.58. The lowest BCUT2D eigenvalue weighted by Crippen LogP contribution is -2.34. The van der Waals surface area contributed by atoms with Gasteiger partial charge in [-0.2, -0.15) is 0 Å². The average Bonchev–Trinajstić information content (AvgIpc) is 2.62. The lowest BCUT2D eigenvalue weighted by molar-refractivity contribution is 0.0977. The summed E-state index contributed by atoms with van der Waals surface area (Å²) < 4.78 is 10.9. The third-order valence-corrected chi connectivity index (χ3v) is 3.65. The second kappa shape index (κ2) is 9.64. The van der Waals surface area contributed by atoms with Crippen LogP contribution in [0, 0.1) is 0 Å². The van der Waals surface area contributed by atoms with Gasteiger partial charge in [-0.15, -0.1) is 0 Å². The summed E-state index contributed by atoms with van der Waals surface area (Å²) in [6.45, 7) is 2.73. The number of methoxy groups -OCH3 is 1. The van der Waals surface area contributed by atoms with E-state index in [9.17, 15) is 4.79 Å². The van der Waals surface area contributed by atoms with Crippen molar-refractivity contribution in [1.29, 1.82) is 0 Å². The molecular weight excluding hydrogens is 336 g/mol. The van der Waals surface area contributed by atoms with Crippen LogP contribution in [0.4, 0.5) is 5.69 Å². The molecule has 0 atom stereocenters. The van der Waals surface area contributed by atoms with Crippen molar-refractivity contribution in [2.24, 2.45) is 0 Å². The number of ether oxygens (including phenoxy) is 2. The number of rotatable bonds is 7. The third kappa shape index (κ3) is 5.76. The second-order valence-corrected chi connectivity index (χ2v) is 5.75. The zero-order valence-corrected chi connectivity index (χ0v) is 15.2. The molecule has 0 fully saturated rings. The van der Waals surface area contributed by atoms with Gasteiger partial charge in [0, 0.05) is 5.56 Å². The molecule has 0 radical (unpaired) electrons. The summed E-state index contributed by atoms with van der Waals surface area (Å²) in [5.74, 6) is 1.02. The molecule has 0 aliphatic heterocycles. The first-order valence-corrected chi connectivity index (χ1v) is 8.53. The van der Waals surface area contributed by atoms with E-state index in [4.69, 9.17) is 21.7 Å². The number of amides is 1. The first kappa shape index (κ1) is 18.7. The van der Waals surface area contributed by atoms with Crippen molar-refractivity contribution < 1.29 is 14.3 Å². The number of carbonyl (C=O) groups excluding carboxylic acids is 1. The molecule has 0 aliphatic carbocycles. The lowest BCUT2D eigenvalue weighted by Gasteiger charge is -2.13. The van der Waals surface area contributed by atoms with Crippen molar-refractivity contribution in [3.8, 4) is 11.5 Å². The van der Waals surface area contributed by atoms with E-state index in [0.29, 0.717) is 29.4 Å². The number of carbonyl (C=O) groups is 1. The van der Waals surface area contributed by atoms with Crippen LogP contribution >= 0.6 is 12.2 Å². The van der Waals surface area contributed by atoms with Crippen molar-refractivity contribution in [1.82, 2.24) is 5.32 Å². The highest BCUT2D eigenvalue weighted by Gasteiger charge is 2.10. The molecule has 25 heavy (non-hydrogen) atoms. The average molecular weight is 358 g/mol. The van der Waals surface area contributed by atoms with E-state index >= 15 is 0 Å². The summed E-state index contributed by atoms with van der Waals surface area (Å²) in [6.07, 6.45) is 2.03. The van der Waals surface area contributed by atoms with Crippen LogP contribution in [0.3, 0.4) is 0 Å². The lowest BCUT2D eigenvalue weighted by atomic mass is 10.2. The second-order valence-electron chi connectivity index (χ2n) is 5.34. The van der Waals surface area contributed by atoms with Gasteiger partial charge in [0.2, 0.25) is 0 Å². The molecule has 2 rings (SSSR count). The van der Waals surface area contributed by atoms with Crippen molar-refractivity contribution >= 4 is 28.9 Å². The quantitative estimate of drug-likeness (QED) is 0.579. The highest BCUT2D eigenvalue weighted by molar-refractivity contribution is 7.80. The summed E-state index contributed by atoms with van der Waals surface area (Å²) >= 11 is 5.21. The highest BCUT2D eigenvalue weighted by atomic mass is 32.1. The van der Waals surface area contributed by atoms with Gasteiger partial charge in [0.25, 0.3) is 5.91 Å². The predicted molar refractivity (Wildman–Crippen MR) is 104 cm³/mol. The van der Waals surface area contributed by atoms with E-state index in [0.717, 1.165) is 12.8 Å². The largest absolute Gasteiger partial charge is 0.495 e. The van der Waals surface area contributed by atoms with Crippen LogP contribution in [0.1, 0.15) is 30.1 Å². The maximum Gasteiger partial charge on any atom is 0.257 e. The van der Waals surface area contributed by atoms with Crippen LogP contribution in [0.2, 0.25) is 0 Å². The number of hydrogen-bond donors (Lipinski definition) is 2. The molecule has 0 aromatic heterocycles. The first-order chi connectivity index (χ1) is 12.1. The molecule has 0 unspecified atom stereocenters. The van der Waals surface area contributed by atoms with Gasteiger partial charge in [0.05, 0.1) is 19.4 Å². The topological polar surface area (TPSA) is 59.6 Å². The fraction of sp³-hybridized carbons (Fsp3) is 0.263. The van der Waals surface area contributed by atoms with Gasteiger partial charge in [0.15, 0.2) is 5.11 Å². The van der Waals surface area contributed by atoms with Crippen molar-refractivity contribution in [2.45, 2.75) is 19.8 Å². The molecule has 2 aromatic carbocycles. The Morgan fingerprint density at radius 2 is 1.96 bits per heavy atom. The smallest absolute Gasteiger partial charge is 0.257 e. The molecule has 0 heterocycles. The van der Waals surface area contributed by atoms with E-state index in [2.05, 4.69) is 17.6 Å². The Morgan fingerprint density at radius 3 is 2.72 bits per heavy atom. The number of benzene rings is 2. The maximum absolute atomic E-state index is 12.4. The van der Waals surface area contributed by atoms with Crippen LogP contribution in [0.5, 0.6) is 11.5 Å². The molecule has 0 saturated carbocycles. The Kier molecular flexibility index (Phi) is 7.22. The summed E-state index contributed by atoms with van der Waals surface area (Å²) in [5.41, 5.74) is 1.17. The molecule has 2 aromatic rings. The fourth-order valence-corrected chi connectivity index (χ4v) is 2.34. The van der Waals surface area contributed by atoms with Crippen LogP contribution in [-0.2, 0) is 0 Å². The van der Waals surface area contributed by atoms with Crippen molar-refractivity contribution in [3.05, 3.63) is 54.1 Å². The molecule has 0 saturated heterocycles. The van der Waals surface area contributed by atoms with Gasteiger partial charge < -0.3 is 14.8 Å². The van der Waals surface area contributed by atoms with Gasteiger partial charge in [-0.05, 0) is 49.0 Å². The van der Waals surface area contributed by atoms with Crippen LogP contribution in [-0.4, -0.2) is 24.7 Å². The van der Waals surface area contributed by atoms with E-state index in [-0.39, 0.29) is 11.0 Å². The number of nitrogens with one attached hydrogen (secondary N) is 2. The zero-order valence-electron chi connectivity index (χ0n) is 14.4. The van der Waals surface area contributed by atoms with E-state index in [1.165, 1.54) is 0 Å². The molecule has 1 amide bonds. The third-order valence-electron chi connectivity index (χ3n) is 3.45. The van der Waals surface area contributed by atoms with E-state index < -0.39 is 0 Å². The Morgan fingerprint density at radius 1 is 1.16 bits per heavy atom. The Hall–Kier alpha value is -2.60. The Balaban J connectivity index is 1.97. The molecule has 132 valence electrons. The summed E-state index contributed by atoms with van der Waals surface area (Å²) in [6, 6.07) is 14.4. The van der Waals surface area contributed by atoms with Gasteiger partial charge >= 0.3 is 0 Å². The molecule has 0 bridgehead atoms. The summed E-state index contributed by atoms with van der Waals surface area (Å²) in [5, 5.41) is 5.82. The number of hydrogen-bond acceptors (Lipinski definition) is 4. The van der Waals surface area contributed by atoms with Crippen molar-refractivity contribution in [2.75, 3.05) is 19.0 Å². The molecule has 2 N–H and O–H groups in total. The van der Waals surface area contributed by atoms with Crippen LogP contribution in [0.25, 0.3) is 0 Å². The molecule has 6 heteroatoms.